The molecule has 1 aliphatic rings. The van der Waals surface area contributed by atoms with E-state index in [1.165, 1.54) is 36.3 Å². The highest BCUT2D eigenvalue weighted by atomic mass is 32.1. The van der Waals surface area contributed by atoms with Gasteiger partial charge in [-0.05, 0) is 53.7 Å². The summed E-state index contributed by atoms with van der Waals surface area (Å²) in [5.74, 6) is -0.492. The van der Waals surface area contributed by atoms with Crippen LogP contribution in [-0.2, 0) is 16.2 Å². The summed E-state index contributed by atoms with van der Waals surface area (Å²) < 4.78 is 24.1. The second kappa shape index (κ2) is 9.32. The SMILES string of the molecule is C=CCN1C(=O)/C(=C/c2ccc(OCc3ccc(F)cc3)c(OC)c2)C(=O)NC1=S. The number of rotatable bonds is 7. The average Bonchev–Trinajstić information content (AvgIpc) is 2.74. The van der Waals surface area contributed by atoms with Crippen LogP contribution in [0.25, 0.3) is 6.08 Å². The van der Waals surface area contributed by atoms with Crippen LogP contribution in [0.15, 0.2) is 60.7 Å². The number of methoxy groups -OCH3 is 1. The van der Waals surface area contributed by atoms with E-state index in [-0.39, 0.29) is 29.7 Å². The largest absolute Gasteiger partial charge is 0.493 e. The second-order valence-electron chi connectivity index (χ2n) is 6.35. The Balaban J connectivity index is 1.82. The highest BCUT2D eigenvalue weighted by molar-refractivity contribution is 7.80. The molecule has 0 aromatic heterocycles. The van der Waals surface area contributed by atoms with Crippen LogP contribution in [0, 0.1) is 5.82 Å². The predicted octanol–water partition coefficient (Wildman–Crippen LogP) is 3.23. The van der Waals surface area contributed by atoms with Crippen LogP contribution in [-0.4, -0.2) is 35.5 Å². The minimum Gasteiger partial charge on any atom is -0.493 e. The molecule has 1 heterocycles. The number of ether oxygens (including phenoxy) is 2. The van der Waals surface area contributed by atoms with Crippen molar-refractivity contribution in [3.05, 3.63) is 77.6 Å². The second-order valence-corrected chi connectivity index (χ2v) is 6.73. The highest BCUT2D eigenvalue weighted by Gasteiger charge is 2.32. The summed E-state index contributed by atoms with van der Waals surface area (Å²) in [4.78, 5) is 26.1. The Bertz CT molecular complexity index is 1030. The molecule has 0 bridgehead atoms. The standard InChI is InChI=1S/C22H19FN2O4S/c1-3-10-25-21(27)17(20(26)24-22(25)30)11-15-6-9-18(19(12-15)28-2)29-13-14-4-7-16(23)8-5-14/h3-9,11-12H,1,10,13H2,2H3,(H,24,26,30)/b17-11+. The minimum atomic E-state index is -0.569. The molecule has 0 radical (unpaired) electrons. The van der Waals surface area contributed by atoms with Crippen molar-refractivity contribution < 1.29 is 23.5 Å². The molecule has 0 aliphatic carbocycles. The van der Waals surface area contributed by atoms with E-state index in [9.17, 15) is 14.0 Å². The summed E-state index contributed by atoms with van der Waals surface area (Å²) >= 11 is 5.04. The zero-order valence-electron chi connectivity index (χ0n) is 16.2. The third kappa shape index (κ3) is 4.72. The van der Waals surface area contributed by atoms with Crippen LogP contribution in [0.3, 0.4) is 0 Å². The summed E-state index contributed by atoms with van der Waals surface area (Å²) in [5, 5.41) is 2.54. The maximum Gasteiger partial charge on any atom is 0.265 e. The van der Waals surface area contributed by atoms with Crippen LogP contribution in [0.2, 0.25) is 0 Å². The Morgan fingerprint density at radius 2 is 1.90 bits per heavy atom. The molecule has 154 valence electrons. The van der Waals surface area contributed by atoms with Crippen LogP contribution in [0.5, 0.6) is 11.5 Å². The van der Waals surface area contributed by atoms with Crippen molar-refractivity contribution in [1.29, 1.82) is 0 Å². The summed E-state index contributed by atoms with van der Waals surface area (Å²) in [7, 11) is 1.49. The highest BCUT2D eigenvalue weighted by Crippen LogP contribution is 2.30. The first-order chi connectivity index (χ1) is 14.4. The number of hydrogen-bond donors (Lipinski definition) is 1. The fourth-order valence-corrected chi connectivity index (χ4v) is 3.04. The van der Waals surface area contributed by atoms with E-state index >= 15 is 0 Å². The summed E-state index contributed by atoms with van der Waals surface area (Å²) in [6.07, 6.45) is 2.98. The van der Waals surface area contributed by atoms with Gasteiger partial charge in [-0.1, -0.05) is 24.3 Å². The number of carbonyl (C=O) groups excluding carboxylic acids is 2. The van der Waals surface area contributed by atoms with Crippen molar-refractivity contribution in [2.24, 2.45) is 0 Å². The normalized spacial score (nSPS) is 15.2. The first kappa shape index (κ1) is 21.2. The molecule has 1 aliphatic heterocycles. The van der Waals surface area contributed by atoms with Gasteiger partial charge in [0.25, 0.3) is 11.8 Å². The van der Waals surface area contributed by atoms with Crippen molar-refractivity contribution in [2.75, 3.05) is 13.7 Å². The van der Waals surface area contributed by atoms with Gasteiger partial charge in [-0.3, -0.25) is 19.8 Å². The Labute approximate surface area is 178 Å². The average molecular weight is 426 g/mol. The molecule has 1 N–H and O–H groups in total. The molecule has 3 rings (SSSR count). The maximum absolute atomic E-state index is 13.0. The fourth-order valence-electron chi connectivity index (χ4n) is 2.79. The Kier molecular flexibility index (Phi) is 6.58. The lowest BCUT2D eigenvalue weighted by molar-refractivity contribution is -0.128. The first-order valence-electron chi connectivity index (χ1n) is 8.98. The molecular weight excluding hydrogens is 407 g/mol. The number of carbonyl (C=O) groups is 2. The van der Waals surface area contributed by atoms with Gasteiger partial charge in [0.05, 0.1) is 7.11 Å². The smallest absolute Gasteiger partial charge is 0.265 e. The van der Waals surface area contributed by atoms with E-state index in [0.29, 0.717) is 17.1 Å². The molecule has 30 heavy (non-hydrogen) atoms. The van der Waals surface area contributed by atoms with Crippen molar-refractivity contribution in [1.82, 2.24) is 10.2 Å². The lowest BCUT2D eigenvalue weighted by Crippen LogP contribution is -2.53. The van der Waals surface area contributed by atoms with Gasteiger partial charge >= 0.3 is 0 Å². The molecule has 2 aromatic rings. The first-order valence-corrected chi connectivity index (χ1v) is 9.39. The number of halogens is 1. The Morgan fingerprint density at radius 1 is 1.17 bits per heavy atom. The lowest BCUT2D eigenvalue weighted by Gasteiger charge is -2.27. The van der Waals surface area contributed by atoms with E-state index in [1.54, 1.807) is 30.3 Å². The molecule has 6 nitrogen and oxygen atoms in total. The van der Waals surface area contributed by atoms with E-state index in [0.717, 1.165) is 5.56 Å². The van der Waals surface area contributed by atoms with Gasteiger partial charge in [-0.25, -0.2) is 4.39 Å². The zero-order valence-corrected chi connectivity index (χ0v) is 17.0. The number of amides is 2. The molecule has 8 heteroatoms. The van der Waals surface area contributed by atoms with E-state index in [4.69, 9.17) is 21.7 Å². The molecule has 0 atom stereocenters. The molecule has 0 unspecified atom stereocenters. The number of nitrogens with zero attached hydrogens (tertiary/aromatic N) is 1. The predicted molar refractivity (Wildman–Crippen MR) is 114 cm³/mol. The Hall–Kier alpha value is -3.52. The van der Waals surface area contributed by atoms with Gasteiger partial charge in [0.1, 0.15) is 18.0 Å². The molecule has 2 amide bonds. The van der Waals surface area contributed by atoms with Crippen LogP contribution in [0.4, 0.5) is 4.39 Å². The molecular formula is C22H19FN2O4S. The van der Waals surface area contributed by atoms with E-state index < -0.39 is 11.8 Å². The van der Waals surface area contributed by atoms with Crippen molar-refractivity contribution in [3.63, 3.8) is 0 Å². The fraction of sp³-hybridized carbons (Fsp3) is 0.136. The molecule has 1 saturated heterocycles. The monoisotopic (exact) mass is 426 g/mol. The van der Waals surface area contributed by atoms with Crippen LogP contribution >= 0.6 is 12.2 Å². The zero-order chi connectivity index (χ0) is 21.7. The van der Waals surface area contributed by atoms with Gasteiger partial charge in [-0.2, -0.15) is 0 Å². The van der Waals surface area contributed by atoms with Crippen molar-refractivity contribution in [2.45, 2.75) is 6.61 Å². The molecule has 0 spiro atoms. The summed E-state index contributed by atoms with van der Waals surface area (Å²) in [6, 6.07) is 11.0. The summed E-state index contributed by atoms with van der Waals surface area (Å²) in [6.45, 7) is 4.01. The van der Waals surface area contributed by atoms with Crippen molar-refractivity contribution in [3.8, 4) is 11.5 Å². The van der Waals surface area contributed by atoms with Crippen LogP contribution in [0.1, 0.15) is 11.1 Å². The van der Waals surface area contributed by atoms with E-state index in [1.807, 2.05) is 0 Å². The summed E-state index contributed by atoms with van der Waals surface area (Å²) in [5.41, 5.74) is 1.32. The number of thiocarbonyl (C=S) groups is 1. The van der Waals surface area contributed by atoms with Crippen LogP contribution < -0.4 is 14.8 Å². The van der Waals surface area contributed by atoms with Gasteiger partial charge < -0.3 is 9.47 Å². The van der Waals surface area contributed by atoms with Crippen molar-refractivity contribution >= 4 is 35.2 Å². The minimum absolute atomic E-state index is 0.0455. The van der Waals surface area contributed by atoms with Gasteiger partial charge in [0.2, 0.25) is 0 Å². The topological polar surface area (TPSA) is 67.9 Å². The third-order valence-electron chi connectivity index (χ3n) is 4.30. The quantitative estimate of drug-likeness (QED) is 0.319. The lowest BCUT2D eigenvalue weighted by atomic mass is 10.1. The van der Waals surface area contributed by atoms with E-state index in [2.05, 4.69) is 11.9 Å². The van der Waals surface area contributed by atoms with Gasteiger partial charge in [-0.15, -0.1) is 6.58 Å². The Morgan fingerprint density at radius 3 is 2.57 bits per heavy atom. The molecule has 2 aromatic carbocycles. The number of hydrogen-bond acceptors (Lipinski definition) is 5. The number of benzene rings is 2. The molecule has 1 fully saturated rings. The third-order valence-corrected chi connectivity index (χ3v) is 4.63. The van der Waals surface area contributed by atoms with Gasteiger partial charge in [0.15, 0.2) is 16.6 Å². The molecule has 0 saturated carbocycles. The maximum atomic E-state index is 13.0. The van der Waals surface area contributed by atoms with Gasteiger partial charge in [0, 0.05) is 6.54 Å². The number of nitrogens with one attached hydrogen (secondary N) is 1.